The van der Waals surface area contributed by atoms with Crippen molar-refractivity contribution in [3.8, 4) is 0 Å². The number of benzene rings is 1. The van der Waals surface area contributed by atoms with Crippen molar-refractivity contribution < 1.29 is 4.39 Å². The highest BCUT2D eigenvalue weighted by atomic mass is 19.1. The third-order valence-corrected chi connectivity index (χ3v) is 2.58. The molecule has 0 spiro atoms. The van der Waals surface area contributed by atoms with Crippen molar-refractivity contribution in [3.63, 3.8) is 0 Å². The number of rotatable bonds is 3. The normalized spacial score (nSPS) is 11.1. The summed E-state index contributed by atoms with van der Waals surface area (Å²) in [4.78, 5) is 4.44. The Morgan fingerprint density at radius 1 is 1.40 bits per heavy atom. The van der Waals surface area contributed by atoms with E-state index in [-0.39, 0.29) is 0 Å². The maximum Gasteiger partial charge on any atom is 0.167 e. The molecule has 0 aliphatic rings. The number of halogens is 1. The molecule has 2 rings (SSSR count). The first kappa shape index (κ1) is 10.1. The summed E-state index contributed by atoms with van der Waals surface area (Å²) in [6.07, 6.45) is 1.82. The van der Waals surface area contributed by atoms with Gasteiger partial charge in [0.1, 0.15) is 5.82 Å². The standard InChI is InChI=1S/C12H15FN2/c1-3-4-12-14-10-6-5-9(2)7-11(10)15(12)8-13/h5-7H,3-4,8H2,1-2H3. The smallest absolute Gasteiger partial charge is 0.167 e. The first-order valence-electron chi connectivity index (χ1n) is 5.28. The molecule has 0 aliphatic carbocycles. The summed E-state index contributed by atoms with van der Waals surface area (Å²) < 4.78 is 14.6. The van der Waals surface area contributed by atoms with Crippen LogP contribution in [0.3, 0.4) is 0 Å². The molecule has 80 valence electrons. The first-order chi connectivity index (χ1) is 7.26. The number of imidazole rings is 1. The number of aryl methyl sites for hydroxylation is 2. The molecule has 0 saturated carbocycles. The lowest BCUT2D eigenvalue weighted by Gasteiger charge is -2.02. The van der Waals surface area contributed by atoms with Gasteiger partial charge in [-0.3, -0.25) is 4.57 Å². The molecule has 1 aromatic heterocycles. The topological polar surface area (TPSA) is 17.8 Å². The van der Waals surface area contributed by atoms with Gasteiger partial charge in [0, 0.05) is 6.42 Å². The molecule has 0 bridgehead atoms. The van der Waals surface area contributed by atoms with Gasteiger partial charge in [0.15, 0.2) is 6.80 Å². The van der Waals surface area contributed by atoms with Crippen molar-refractivity contribution in [2.45, 2.75) is 33.5 Å². The Morgan fingerprint density at radius 3 is 2.87 bits per heavy atom. The molecule has 15 heavy (non-hydrogen) atoms. The minimum absolute atomic E-state index is 0.491. The summed E-state index contributed by atoms with van der Waals surface area (Å²) in [6, 6.07) is 5.95. The predicted molar refractivity (Wildman–Crippen MR) is 59.6 cm³/mol. The fourth-order valence-corrected chi connectivity index (χ4v) is 1.83. The van der Waals surface area contributed by atoms with Crippen molar-refractivity contribution in [2.75, 3.05) is 0 Å². The number of aromatic nitrogens is 2. The van der Waals surface area contributed by atoms with Crippen LogP contribution in [0.15, 0.2) is 18.2 Å². The van der Waals surface area contributed by atoms with E-state index in [0.29, 0.717) is 0 Å². The van der Waals surface area contributed by atoms with Gasteiger partial charge in [-0.05, 0) is 31.0 Å². The molecule has 1 aromatic carbocycles. The van der Waals surface area contributed by atoms with Gasteiger partial charge in [-0.2, -0.15) is 0 Å². The lowest BCUT2D eigenvalue weighted by molar-refractivity contribution is 0.375. The highest BCUT2D eigenvalue weighted by Crippen LogP contribution is 2.18. The molecule has 0 radical (unpaired) electrons. The predicted octanol–water partition coefficient (Wildman–Crippen LogP) is 3.22. The molecular formula is C12H15FN2. The van der Waals surface area contributed by atoms with E-state index in [2.05, 4.69) is 11.9 Å². The molecule has 0 unspecified atom stereocenters. The van der Waals surface area contributed by atoms with Crippen molar-refractivity contribution in [3.05, 3.63) is 29.6 Å². The van der Waals surface area contributed by atoms with Crippen LogP contribution in [0.5, 0.6) is 0 Å². The molecule has 0 saturated heterocycles. The number of alkyl halides is 1. The van der Waals surface area contributed by atoms with Gasteiger partial charge in [-0.25, -0.2) is 9.37 Å². The zero-order valence-corrected chi connectivity index (χ0v) is 9.13. The quantitative estimate of drug-likeness (QED) is 0.754. The van der Waals surface area contributed by atoms with Gasteiger partial charge in [0.2, 0.25) is 0 Å². The van der Waals surface area contributed by atoms with E-state index >= 15 is 0 Å². The molecule has 0 amide bonds. The van der Waals surface area contributed by atoms with Gasteiger partial charge in [-0.15, -0.1) is 0 Å². The molecule has 0 atom stereocenters. The molecule has 1 heterocycles. The molecule has 2 aromatic rings. The van der Waals surface area contributed by atoms with Crippen molar-refractivity contribution in [1.29, 1.82) is 0 Å². The second-order valence-corrected chi connectivity index (χ2v) is 3.82. The average Bonchev–Trinajstić information content (AvgIpc) is 2.55. The van der Waals surface area contributed by atoms with Gasteiger partial charge in [0.05, 0.1) is 11.0 Å². The molecule has 0 fully saturated rings. The van der Waals surface area contributed by atoms with Crippen LogP contribution in [0.1, 0.15) is 24.7 Å². The summed E-state index contributed by atoms with van der Waals surface area (Å²) in [5.41, 5.74) is 2.93. The second-order valence-electron chi connectivity index (χ2n) is 3.82. The van der Waals surface area contributed by atoms with E-state index in [4.69, 9.17) is 0 Å². The van der Waals surface area contributed by atoms with Gasteiger partial charge < -0.3 is 0 Å². The molecular weight excluding hydrogens is 191 g/mol. The summed E-state index contributed by atoms with van der Waals surface area (Å²) in [6.45, 7) is 3.59. The summed E-state index contributed by atoms with van der Waals surface area (Å²) in [7, 11) is 0. The summed E-state index contributed by atoms with van der Waals surface area (Å²) in [5, 5.41) is 0. The van der Waals surface area contributed by atoms with Crippen molar-refractivity contribution in [2.24, 2.45) is 0 Å². The van der Waals surface area contributed by atoms with Crippen LogP contribution in [-0.4, -0.2) is 9.55 Å². The number of hydrogen-bond donors (Lipinski definition) is 0. The Bertz CT molecular complexity index is 474. The van der Waals surface area contributed by atoms with Crippen LogP contribution in [0.4, 0.5) is 4.39 Å². The minimum atomic E-state index is -0.491. The lowest BCUT2D eigenvalue weighted by Crippen LogP contribution is -2.00. The zero-order chi connectivity index (χ0) is 10.8. The summed E-state index contributed by atoms with van der Waals surface area (Å²) >= 11 is 0. The Balaban J connectivity index is 2.63. The van der Waals surface area contributed by atoms with E-state index in [1.807, 2.05) is 25.1 Å². The van der Waals surface area contributed by atoms with E-state index in [1.54, 1.807) is 4.57 Å². The van der Waals surface area contributed by atoms with Gasteiger partial charge in [-0.1, -0.05) is 13.0 Å². The Morgan fingerprint density at radius 2 is 2.20 bits per heavy atom. The SMILES string of the molecule is CCCc1nc2ccc(C)cc2n1CF. The highest BCUT2D eigenvalue weighted by molar-refractivity contribution is 5.76. The number of hydrogen-bond acceptors (Lipinski definition) is 1. The third kappa shape index (κ3) is 1.74. The lowest BCUT2D eigenvalue weighted by atomic mass is 10.2. The summed E-state index contributed by atoms with van der Waals surface area (Å²) in [5.74, 6) is 0.848. The molecule has 0 N–H and O–H groups in total. The molecule has 2 nitrogen and oxygen atoms in total. The van der Waals surface area contributed by atoms with Crippen LogP contribution in [-0.2, 0) is 13.2 Å². The van der Waals surface area contributed by atoms with Crippen LogP contribution < -0.4 is 0 Å². The van der Waals surface area contributed by atoms with Crippen LogP contribution >= 0.6 is 0 Å². The monoisotopic (exact) mass is 206 g/mol. The van der Waals surface area contributed by atoms with Crippen LogP contribution in [0, 0.1) is 6.92 Å². The van der Waals surface area contributed by atoms with E-state index in [9.17, 15) is 4.39 Å². The van der Waals surface area contributed by atoms with Gasteiger partial charge in [0.25, 0.3) is 0 Å². The highest BCUT2D eigenvalue weighted by Gasteiger charge is 2.09. The van der Waals surface area contributed by atoms with E-state index in [1.165, 1.54) is 0 Å². The largest absolute Gasteiger partial charge is 0.299 e. The maximum absolute atomic E-state index is 12.9. The zero-order valence-electron chi connectivity index (χ0n) is 9.13. The van der Waals surface area contributed by atoms with E-state index in [0.717, 1.165) is 35.3 Å². The maximum atomic E-state index is 12.9. The minimum Gasteiger partial charge on any atom is -0.299 e. The van der Waals surface area contributed by atoms with E-state index < -0.39 is 6.80 Å². The van der Waals surface area contributed by atoms with Crippen LogP contribution in [0.25, 0.3) is 11.0 Å². The average molecular weight is 206 g/mol. The number of fused-ring (bicyclic) bond motifs is 1. The molecule has 0 aliphatic heterocycles. The Kier molecular flexibility index (Phi) is 2.71. The van der Waals surface area contributed by atoms with Crippen molar-refractivity contribution in [1.82, 2.24) is 9.55 Å². The fraction of sp³-hybridized carbons (Fsp3) is 0.417. The third-order valence-electron chi connectivity index (χ3n) is 2.58. The Labute approximate surface area is 88.7 Å². The van der Waals surface area contributed by atoms with Crippen LogP contribution in [0.2, 0.25) is 0 Å². The van der Waals surface area contributed by atoms with Crippen molar-refractivity contribution >= 4 is 11.0 Å². The Hall–Kier alpha value is -1.38. The molecule has 3 heteroatoms. The van der Waals surface area contributed by atoms with Gasteiger partial charge >= 0.3 is 0 Å². The second kappa shape index (κ2) is 4.01. The fourth-order valence-electron chi connectivity index (χ4n) is 1.83. The number of nitrogens with zero attached hydrogens (tertiary/aromatic N) is 2. The first-order valence-corrected chi connectivity index (χ1v) is 5.28.